The highest BCUT2D eigenvalue weighted by Crippen LogP contribution is 2.12. The normalized spacial score (nSPS) is 14.9. The number of hydrogen-bond acceptors (Lipinski definition) is 4. The maximum Gasteiger partial charge on any atom is 0.130 e. The second kappa shape index (κ2) is 8.15. The maximum atomic E-state index is 13.2. The van der Waals surface area contributed by atoms with Gasteiger partial charge in [0.05, 0.1) is 0 Å². The van der Waals surface area contributed by atoms with E-state index in [1.54, 1.807) is 12.3 Å². The molecule has 1 aromatic heterocycles. The summed E-state index contributed by atoms with van der Waals surface area (Å²) in [4.78, 5) is 11.2. The minimum absolute atomic E-state index is 0.318. The summed E-state index contributed by atoms with van der Waals surface area (Å²) in [6, 6.07) is 5.26. The summed E-state index contributed by atoms with van der Waals surface area (Å²) in [5.41, 5.74) is 0.543. The highest BCUT2D eigenvalue weighted by atomic mass is 19.1. The molecule has 0 radical (unpaired) electrons. The van der Waals surface area contributed by atoms with Crippen LogP contribution in [0.5, 0.6) is 0 Å². The predicted molar refractivity (Wildman–Crippen MR) is 89.7 cm³/mol. The first-order valence-corrected chi connectivity index (χ1v) is 8.42. The second-order valence-electron chi connectivity index (χ2n) is 6.14. The minimum Gasteiger partial charge on any atom is -0.366 e. The Morgan fingerprint density at radius 1 is 1.08 bits per heavy atom. The zero-order chi connectivity index (χ0) is 16.8. The van der Waals surface area contributed by atoms with Gasteiger partial charge in [-0.3, -0.25) is 0 Å². The van der Waals surface area contributed by atoms with Crippen molar-refractivity contribution in [1.82, 2.24) is 14.9 Å². The molecule has 0 amide bonds. The van der Waals surface area contributed by atoms with E-state index in [9.17, 15) is 8.78 Å². The molecule has 0 spiro atoms. The van der Waals surface area contributed by atoms with Crippen molar-refractivity contribution in [2.45, 2.75) is 32.2 Å². The van der Waals surface area contributed by atoms with E-state index in [1.807, 2.05) is 0 Å². The van der Waals surface area contributed by atoms with Gasteiger partial charge in [-0.05, 0) is 62.7 Å². The fourth-order valence-corrected chi connectivity index (χ4v) is 2.99. The van der Waals surface area contributed by atoms with Crippen LogP contribution in [0.2, 0.25) is 0 Å². The summed E-state index contributed by atoms with van der Waals surface area (Å²) < 4.78 is 26.4. The van der Waals surface area contributed by atoms with E-state index in [1.165, 1.54) is 38.1 Å². The number of aryl methyl sites for hydroxylation is 1. The third kappa shape index (κ3) is 4.96. The number of nitrogens with zero attached hydrogens (tertiary/aromatic N) is 3. The molecule has 4 nitrogen and oxygen atoms in total. The molecule has 1 N–H and O–H groups in total. The number of nitrogens with one attached hydrogen (secondary N) is 1. The van der Waals surface area contributed by atoms with Crippen molar-refractivity contribution in [3.05, 3.63) is 53.5 Å². The van der Waals surface area contributed by atoms with E-state index < -0.39 is 11.6 Å². The molecule has 0 bridgehead atoms. The lowest BCUT2D eigenvalue weighted by molar-refractivity contribution is 0.333. The van der Waals surface area contributed by atoms with Crippen LogP contribution < -0.4 is 5.32 Å². The van der Waals surface area contributed by atoms with Gasteiger partial charge in [0.25, 0.3) is 0 Å². The number of likely N-dealkylation sites (tertiary alicyclic amines) is 1. The van der Waals surface area contributed by atoms with Crippen LogP contribution in [-0.4, -0.2) is 34.5 Å². The van der Waals surface area contributed by atoms with Crippen molar-refractivity contribution in [3.63, 3.8) is 0 Å². The van der Waals surface area contributed by atoms with Crippen LogP contribution in [0.4, 0.5) is 14.6 Å². The van der Waals surface area contributed by atoms with Crippen LogP contribution in [0.3, 0.4) is 0 Å². The van der Waals surface area contributed by atoms with Crippen molar-refractivity contribution in [2.75, 3.05) is 25.0 Å². The van der Waals surface area contributed by atoms with Crippen molar-refractivity contribution < 1.29 is 8.78 Å². The third-order valence-electron chi connectivity index (χ3n) is 4.17. The summed E-state index contributed by atoms with van der Waals surface area (Å²) in [7, 11) is 0. The first-order valence-electron chi connectivity index (χ1n) is 8.42. The molecule has 2 aromatic rings. The molecule has 0 unspecified atom stereocenters. The molecule has 3 rings (SSSR count). The van der Waals surface area contributed by atoms with Gasteiger partial charge < -0.3 is 10.2 Å². The summed E-state index contributed by atoms with van der Waals surface area (Å²) in [6.45, 7) is 3.81. The smallest absolute Gasteiger partial charge is 0.130 e. The largest absolute Gasteiger partial charge is 0.366 e. The van der Waals surface area contributed by atoms with Gasteiger partial charge in [0.1, 0.15) is 23.3 Å². The van der Waals surface area contributed by atoms with Gasteiger partial charge >= 0.3 is 0 Å². The molecule has 1 saturated heterocycles. The molecular formula is C18H22F2N4. The van der Waals surface area contributed by atoms with E-state index >= 15 is 0 Å². The lowest BCUT2D eigenvalue weighted by Gasteiger charge is -2.13. The standard InChI is InChI=1S/C18H22F2N4/c19-15-10-14(11-16(20)12-15)13-22-18-5-6-21-17(23-18)4-3-9-24-7-1-2-8-24/h5-6,10-12H,1-4,7-9,13H2,(H,21,22,23). The Morgan fingerprint density at radius 2 is 1.83 bits per heavy atom. The van der Waals surface area contributed by atoms with E-state index in [4.69, 9.17) is 0 Å². The lowest BCUT2D eigenvalue weighted by Crippen LogP contribution is -2.21. The van der Waals surface area contributed by atoms with Gasteiger partial charge in [-0.1, -0.05) is 0 Å². The van der Waals surface area contributed by atoms with Gasteiger partial charge in [-0.2, -0.15) is 0 Å². The molecule has 2 heterocycles. The van der Waals surface area contributed by atoms with Crippen LogP contribution in [0.25, 0.3) is 0 Å². The van der Waals surface area contributed by atoms with E-state index in [-0.39, 0.29) is 0 Å². The SMILES string of the molecule is Fc1cc(F)cc(CNc2ccnc(CCCN3CCCC3)n2)c1. The van der Waals surface area contributed by atoms with Crippen molar-refractivity contribution >= 4 is 5.82 Å². The fourth-order valence-electron chi connectivity index (χ4n) is 2.99. The number of halogens is 2. The fraction of sp³-hybridized carbons (Fsp3) is 0.444. The lowest BCUT2D eigenvalue weighted by atomic mass is 10.2. The molecule has 24 heavy (non-hydrogen) atoms. The van der Waals surface area contributed by atoms with Gasteiger partial charge in [-0.15, -0.1) is 0 Å². The molecular weight excluding hydrogens is 310 g/mol. The van der Waals surface area contributed by atoms with Crippen LogP contribution in [-0.2, 0) is 13.0 Å². The van der Waals surface area contributed by atoms with Gasteiger partial charge in [0.15, 0.2) is 0 Å². The quantitative estimate of drug-likeness (QED) is 0.844. The summed E-state index contributed by atoms with van der Waals surface area (Å²) in [5, 5.41) is 3.09. The Bertz CT molecular complexity index is 652. The van der Waals surface area contributed by atoms with Gasteiger partial charge in [0, 0.05) is 25.2 Å². The molecule has 0 saturated carbocycles. The van der Waals surface area contributed by atoms with Gasteiger partial charge in [0.2, 0.25) is 0 Å². The zero-order valence-corrected chi connectivity index (χ0v) is 13.6. The number of aromatic nitrogens is 2. The maximum absolute atomic E-state index is 13.2. The molecule has 6 heteroatoms. The monoisotopic (exact) mass is 332 g/mol. The average molecular weight is 332 g/mol. The Hall–Kier alpha value is -2.08. The van der Waals surface area contributed by atoms with E-state index in [2.05, 4.69) is 20.2 Å². The topological polar surface area (TPSA) is 41.1 Å². The Labute approximate surface area is 140 Å². The summed E-state index contributed by atoms with van der Waals surface area (Å²) in [5.74, 6) is 0.324. The number of rotatable bonds is 7. The van der Waals surface area contributed by atoms with Crippen LogP contribution in [0, 0.1) is 11.6 Å². The number of hydrogen-bond donors (Lipinski definition) is 1. The second-order valence-corrected chi connectivity index (χ2v) is 6.14. The molecule has 0 atom stereocenters. The Balaban J connectivity index is 1.50. The first kappa shape index (κ1) is 16.8. The molecule has 1 aliphatic rings. The van der Waals surface area contributed by atoms with Gasteiger partial charge in [-0.25, -0.2) is 18.7 Å². The molecule has 1 fully saturated rings. The Morgan fingerprint density at radius 3 is 2.58 bits per heavy atom. The third-order valence-corrected chi connectivity index (χ3v) is 4.17. The summed E-state index contributed by atoms with van der Waals surface area (Å²) in [6.07, 6.45) is 6.19. The van der Waals surface area contributed by atoms with E-state index in [0.717, 1.165) is 31.3 Å². The predicted octanol–water partition coefficient (Wildman–Crippen LogP) is 3.40. The molecule has 1 aliphatic heterocycles. The van der Waals surface area contributed by atoms with Crippen molar-refractivity contribution in [2.24, 2.45) is 0 Å². The Kier molecular flexibility index (Phi) is 5.69. The highest BCUT2D eigenvalue weighted by molar-refractivity contribution is 5.34. The molecule has 1 aromatic carbocycles. The van der Waals surface area contributed by atoms with E-state index in [0.29, 0.717) is 17.9 Å². The van der Waals surface area contributed by atoms with Crippen molar-refractivity contribution in [3.8, 4) is 0 Å². The van der Waals surface area contributed by atoms with Crippen LogP contribution in [0.15, 0.2) is 30.5 Å². The minimum atomic E-state index is -0.572. The molecule has 0 aliphatic carbocycles. The first-order chi connectivity index (χ1) is 11.7. The van der Waals surface area contributed by atoms with Crippen LogP contribution in [0.1, 0.15) is 30.7 Å². The molecule has 128 valence electrons. The highest BCUT2D eigenvalue weighted by Gasteiger charge is 2.11. The number of benzene rings is 1. The number of anilines is 1. The van der Waals surface area contributed by atoms with Crippen molar-refractivity contribution in [1.29, 1.82) is 0 Å². The van der Waals surface area contributed by atoms with Crippen LogP contribution >= 0.6 is 0 Å². The zero-order valence-electron chi connectivity index (χ0n) is 13.6. The summed E-state index contributed by atoms with van der Waals surface area (Å²) >= 11 is 0. The average Bonchev–Trinajstić information content (AvgIpc) is 3.06.